The number of hydrogen-bond acceptors (Lipinski definition) is 3. The van der Waals surface area contributed by atoms with Crippen LogP contribution in [0.5, 0.6) is 0 Å². The summed E-state index contributed by atoms with van der Waals surface area (Å²) in [5, 5.41) is 7.86. The van der Waals surface area contributed by atoms with Crippen LogP contribution in [0.4, 0.5) is 0 Å². The maximum absolute atomic E-state index is 4.62. The van der Waals surface area contributed by atoms with Crippen molar-refractivity contribution in [2.24, 2.45) is 10.9 Å². The summed E-state index contributed by atoms with van der Waals surface area (Å²) in [7, 11) is 0. The molecule has 0 spiro atoms. The van der Waals surface area contributed by atoms with Crippen molar-refractivity contribution in [3.8, 4) is 0 Å². The second kappa shape index (κ2) is 12.1. The molecule has 0 aliphatic carbocycles. The van der Waals surface area contributed by atoms with Gasteiger partial charge in [0, 0.05) is 23.7 Å². The van der Waals surface area contributed by atoms with Gasteiger partial charge in [0.05, 0.1) is 6.54 Å². The standard InChI is InChI=1S/C16H30N4S.HI/c1-6-17-16(19-11-15-18-10-14(5)21-15)20-13(4)9-7-8-12(2)3;/h10,12-13H,6-9,11H2,1-5H3,(H2,17,19,20);1H. The van der Waals surface area contributed by atoms with Crippen molar-refractivity contribution in [3.63, 3.8) is 0 Å². The largest absolute Gasteiger partial charge is 0.357 e. The Morgan fingerprint density at radius 1 is 1.32 bits per heavy atom. The zero-order valence-corrected chi connectivity index (χ0v) is 17.6. The zero-order valence-electron chi connectivity index (χ0n) is 14.5. The number of rotatable bonds is 8. The molecule has 2 N–H and O–H groups in total. The fourth-order valence-corrected chi connectivity index (χ4v) is 2.79. The Bertz CT molecular complexity index is 432. The van der Waals surface area contributed by atoms with Crippen molar-refractivity contribution in [2.45, 2.75) is 66.5 Å². The fraction of sp³-hybridized carbons (Fsp3) is 0.750. The maximum Gasteiger partial charge on any atom is 0.191 e. The SMILES string of the molecule is CCNC(=NCc1ncc(C)s1)NC(C)CCCC(C)C.I. The van der Waals surface area contributed by atoms with Gasteiger partial charge in [-0.1, -0.05) is 26.7 Å². The molecule has 1 unspecified atom stereocenters. The van der Waals surface area contributed by atoms with E-state index in [4.69, 9.17) is 0 Å². The first-order chi connectivity index (χ1) is 10.0. The Balaban J connectivity index is 0.00000441. The minimum absolute atomic E-state index is 0. The van der Waals surface area contributed by atoms with Gasteiger partial charge >= 0.3 is 0 Å². The van der Waals surface area contributed by atoms with Crippen LogP contribution in [0, 0.1) is 12.8 Å². The minimum Gasteiger partial charge on any atom is -0.357 e. The monoisotopic (exact) mass is 438 g/mol. The van der Waals surface area contributed by atoms with Crippen LogP contribution in [0.15, 0.2) is 11.2 Å². The van der Waals surface area contributed by atoms with Gasteiger partial charge in [-0.3, -0.25) is 0 Å². The molecule has 1 aromatic rings. The number of aromatic nitrogens is 1. The quantitative estimate of drug-likeness (QED) is 0.361. The first-order valence-corrected chi connectivity index (χ1v) is 8.79. The Morgan fingerprint density at radius 2 is 2.05 bits per heavy atom. The highest BCUT2D eigenvalue weighted by molar-refractivity contribution is 14.0. The lowest BCUT2D eigenvalue weighted by atomic mass is 10.0. The second-order valence-corrected chi connectivity index (χ2v) is 7.25. The first kappa shape index (κ1) is 21.6. The Kier molecular flexibility index (Phi) is 11.9. The van der Waals surface area contributed by atoms with E-state index >= 15 is 0 Å². The number of nitrogens with zero attached hydrogens (tertiary/aromatic N) is 2. The molecule has 4 nitrogen and oxygen atoms in total. The van der Waals surface area contributed by atoms with Crippen LogP contribution in [0.25, 0.3) is 0 Å². The van der Waals surface area contributed by atoms with E-state index in [1.807, 2.05) is 6.20 Å². The van der Waals surface area contributed by atoms with E-state index in [-0.39, 0.29) is 24.0 Å². The van der Waals surface area contributed by atoms with Gasteiger partial charge in [-0.15, -0.1) is 35.3 Å². The summed E-state index contributed by atoms with van der Waals surface area (Å²) < 4.78 is 0. The van der Waals surface area contributed by atoms with Crippen molar-refractivity contribution in [3.05, 3.63) is 16.1 Å². The Hall–Kier alpha value is -0.370. The van der Waals surface area contributed by atoms with Gasteiger partial charge < -0.3 is 10.6 Å². The number of aryl methyl sites for hydroxylation is 1. The summed E-state index contributed by atoms with van der Waals surface area (Å²) in [6, 6.07) is 0.444. The molecule has 22 heavy (non-hydrogen) atoms. The van der Waals surface area contributed by atoms with Crippen molar-refractivity contribution in [1.82, 2.24) is 15.6 Å². The number of aliphatic imine (C=N–C) groups is 1. The predicted molar refractivity (Wildman–Crippen MR) is 108 cm³/mol. The highest BCUT2D eigenvalue weighted by Gasteiger charge is 2.06. The zero-order chi connectivity index (χ0) is 15.7. The second-order valence-electron chi connectivity index (χ2n) is 5.93. The normalized spacial score (nSPS) is 12.9. The van der Waals surface area contributed by atoms with Gasteiger partial charge in [-0.25, -0.2) is 9.98 Å². The number of hydrogen-bond donors (Lipinski definition) is 2. The lowest BCUT2D eigenvalue weighted by Gasteiger charge is -2.18. The number of halogens is 1. The highest BCUT2D eigenvalue weighted by Crippen LogP contribution is 2.12. The van der Waals surface area contributed by atoms with Crippen molar-refractivity contribution >= 4 is 41.3 Å². The molecule has 1 atom stereocenters. The van der Waals surface area contributed by atoms with Gasteiger partial charge in [0.2, 0.25) is 0 Å². The van der Waals surface area contributed by atoms with Crippen LogP contribution in [0.2, 0.25) is 0 Å². The van der Waals surface area contributed by atoms with Gasteiger partial charge in [0.15, 0.2) is 5.96 Å². The average Bonchev–Trinajstić information content (AvgIpc) is 2.81. The Labute approximate surface area is 156 Å². The van der Waals surface area contributed by atoms with E-state index in [0.717, 1.165) is 23.4 Å². The molecule has 0 fully saturated rings. The summed E-state index contributed by atoms with van der Waals surface area (Å²) in [6.07, 6.45) is 5.64. The van der Waals surface area contributed by atoms with E-state index in [2.05, 4.69) is 55.2 Å². The number of nitrogens with one attached hydrogen (secondary N) is 2. The average molecular weight is 438 g/mol. The van der Waals surface area contributed by atoms with Gasteiger partial charge in [0.25, 0.3) is 0 Å². The van der Waals surface area contributed by atoms with Crippen molar-refractivity contribution in [1.29, 1.82) is 0 Å². The molecule has 0 amide bonds. The Morgan fingerprint density at radius 3 is 2.59 bits per heavy atom. The van der Waals surface area contributed by atoms with Crippen LogP contribution < -0.4 is 10.6 Å². The van der Waals surface area contributed by atoms with Crippen molar-refractivity contribution < 1.29 is 0 Å². The molecule has 1 aromatic heterocycles. The molecule has 0 aliphatic rings. The van der Waals surface area contributed by atoms with E-state index in [1.54, 1.807) is 11.3 Å². The van der Waals surface area contributed by atoms with Crippen LogP contribution in [0.1, 0.15) is 56.8 Å². The molecule has 0 saturated carbocycles. The molecule has 6 heteroatoms. The predicted octanol–water partition coefficient (Wildman–Crippen LogP) is 4.34. The van der Waals surface area contributed by atoms with E-state index in [1.165, 1.54) is 24.1 Å². The molecule has 0 saturated heterocycles. The topological polar surface area (TPSA) is 49.3 Å². The molecule has 1 heterocycles. The third kappa shape index (κ3) is 9.61. The molecule has 0 aromatic carbocycles. The van der Waals surface area contributed by atoms with E-state index < -0.39 is 0 Å². The summed E-state index contributed by atoms with van der Waals surface area (Å²) in [5.41, 5.74) is 0. The minimum atomic E-state index is 0. The van der Waals surface area contributed by atoms with Gasteiger partial charge in [0.1, 0.15) is 5.01 Å². The first-order valence-electron chi connectivity index (χ1n) is 7.97. The highest BCUT2D eigenvalue weighted by atomic mass is 127. The van der Waals surface area contributed by atoms with Crippen LogP contribution >= 0.6 is 35.3 Å². The van der Waals surface area contributed by atoms with Crippen LogP contribution in [-0.2, 0) is 6.54 Å². The van der Waals surface area contributed by atoms with Gasteiger partial charge in [-0.2, -0.15) is 0 Å². The molecule has 0 bridgehead atoms. The summed E-state index contributed by atoms with van der Waals surface area (Å²) in [4.78, 5) is 10.2. The van der Waals surface area contributed by atoms with Crippen LogP contribution in [0.3, 0.4) is 0 Å². The fourth-order valence-electron chi connectivity index (χ4n) is 2.08. The number of guanidine groups is 1. The van der Waals surface area contributed by atoms with E-state index in [0.29, 0.717) is 12.6 Å². The molecule has 1 rings (SSSR count). The summed E-state index contributed by atoms with van der Waals surface area (Å²) in [5.74, 6) is 1.68. The molecule has 0 radical (unpaired) electrons. The molecule has 128 valence electrons. The third-order valence-corrected chi connectivity index (χ3v) is 4.09. The van der Waals surface area contributed by atoms with Crippen LogP contribution in [-0.4, -0.2) is 23.5 Å². The lowest BCUT2D eigenvalue weighted by Crippen LogP contribution is -2.42. The molecular formula is C16H31IN4S. The molecular weight excluding hydrogens is 407 g/mol. The maximum atomic E-state index is 4.62. The lowest BCUT2D eigenvalue weighted by molar-refractivity contribution is 0.491. The van der Waals surface area contributed by atoms with E-state index in [9.17, 15) is 0 Å². The van der Waals surface area contributed by atoms with Crippen molar-refractivity contribution in [2.75, 3.05) is 6.54 Å². The smallest absolute Gasteiger partial charge is 0.191 e. The third-order valence-electron chi connectivity index (χ3n) is 3.19. The summed E-state index contributed by atoms with van der Waals surface area (Å²) in [6.45, 7) is 12.5. The van der Waals surface area contributed by atoms with Gasteiger partial charge in [-0.05, 0) is 33.1 Å². The summed E-state index contributed by atoms with van der Waals surface area (Å²) >= 11 is 1.71. The number of thiazole rings is 1. The molecule has 0 aliphatic heterocycles.